The maximum atomic E-state index is 12.0. The molecule has 2 N–H and O–H groups in total. The molecule has 0 unspecified atom stereocenters. The molecule has 134 valence electrons. The summed E-state index contributed by atoms with van der Waals surface area (Å²) in [7, 11) is 0. The molecular formula is C18H14Cl3N3OS. The molecule has 2 aromatic carbocycles. The Morgan fingerprint density at radius 3 is 2.77 bits per heavy atom. The van der Waals surface area contributed by atoms with Crippen LogP contribution in [0.1, 0.15) is 11.1 Å². The lowest BCUT2D eigenvalue weighted by atomic mass is 10.1. The molecule has 0 spiro atoms. The van der Waals surface area contributed by atoms with E-state index in [0.29, 0.717) is 20.8 Å². The molecule has 0 radical (unpaired) electrons. The lowest BCUT2D eigenvalue weighted by Crippen LogP contribution is -2.24. The Morgan fingerprint density at radius 2 is 2.00 bits per heavy atom. The fraction of sp³-hybridized carbons (Fsp3) is 0.111. The number of benzene rings is 2. The predicted molar refractivity (Wildman–Crippen MR) is 112 cm³/mol. The second-order valence-corrected chi connectivity index (χ2v) is 7.74. The van der Waals surface area contributed by atoms with Crippen molar-refractivity contribution < 1.29 is 4.79 Å². The molecule has 0 aromatic heterocycles. The number of thioether (sulfide) groups is 1. The minimum Gasteiger partial charge on any atom is -0.306 e. The quantitative estimate of drug-likeness (QED) is 0.456. The molecule has 8 heteroatoms. The van der Waals surface area contributed by atoms with E-state index in [4.69, 9.17) is 34.8 Å². The van der Waals surface area contributed by atoms with Gasteiger partial charge in [0.25, 0.3) is 0 Å². The number of fused-ring (bicyclic) bond motifs is 1. The zero-order valence-electron chi connectivity index (χ0n) is 13.6. The van der Waals surface area contributed by atoms with Gasteiger partial charge >= 0.3 is 6.03 Å². The summed E-state index contributed by atoms with van der Waals surface area (Å²) in [6.45, 7) is 1.91. The van der Waals surface area contributed by atoms with E-state index in [0.717, 1.165) is 27.3 Å². The second kappa shape index (κ2) is 8.35. The van der Waals surface area contributed by atoms with Crippen LogP contribution in [0.25, 0.3) is 5.03 Å². The van der Waals surface area contributed by atoms with Crippen LogP contribution in [0.15, 0.2) is 52.0 Å². The molecule has 1 heterocycles. The third kappa shape index (κ3) is 4.35. The van der Waals surface area contributed by atoms with Crippen LogP contribution in [-0.2, 0) is 0 Å². The number of hydrogen-bond acceptors (Lipinski definition) is 3. The van der Waals surface area contributed by atoms with Crippen molar-refractivity contribution >= 4 is 69.5 Å². The Labute approximate surface area is 170 Å². The van der Waals surface area contributed by atoms with E-state index < -0.39 is 6.03 Å². The summed E-state index contributed by atoms with van der Waals surface area (Å²) in [5.74, 6) is 0.595. The van der Waals surface area contributed by atoms with Crippen molar-refractivity contribution in [2.24, 2.45) is 5.10 Å². The number of para-hydroxylation sites is 1. The largest absolute Gasteiger partial charge is 0.339 e. The molecule has 2 aromatic rings. The number of hydrazone groups is 1. The summed E-state index contributed by atoms with van der Waals surface area (Å²) in [6, 6.07) is 10.5. The topological polar surface area (TPSA) is 53.5 Å². The van der Waals surface area contributed by atoms with Gasteiger partial charge in [-0.2, -0.15) is 5.10 Å². The Kier molecular flexibility index (Phi) is 6.14. The van der Waals surface area contributed by atoms with Crippen LogP contribution in [0, 0.1) is 6.92 Å². The summed E-state index contributed by atoms with van der Waals surface area (Å²) >= 11 is 20.3. The Bertz CT molecular complexity index is 928. The van der Waals surface area contributed by atoms with E-state index in [1.165, 1.54) is 6.21 Å². The molecule has 1 aliphatic rings. The summed E-state index contributed by atoms with van der Waals surface area (Å²) < 4.78 is 0. The number of amides is 2. The summed E-state index contributed by atoms with van der Waals surface area (Å²) in [5.41, 5.74) is 5.67. The van der Waals surface area contributed by atoms with Crippen LogP contribution in [-0.4, -0.2) is 18.0 Å². The van der Waals surface area contributed by atoms with Crippen molar-refractivity contribution in [2.45, 2.75) is 11.8 Å². The van der Waals surface area contributed by atoms with Crippen molar-refractivity contribution in [2.75, 3.05) is 11.1 Å². The van der Waals surface area contributed by atoms with E-state index in [-0.39, 0.29) is 0 Å². The summed E-state index contributed by atoms with van der Waals surface area (Å²) in [5, 5.41) is 8.33. The van der Waals surface area contributed by atoms with Crippen molar-refractivity contribution in [1.29, 1.82) is 0 Å². The first-order valence-electron chi connectivity index (χ1n) is 7.62. The normalized spacial score (nSPS) is 13.7. The average molecular weight is 427 g/mol. The monoisotopic (exact) mass is 425 g/mol. The first-order chi connectivity index (χ1) is 12.5. The number of nitrogens with one attached hydrogen (secondary N) is 2. The van der Waals surface area contributed by atoms with Crippen molar-refractivity contribution in [3.05, 3.63) is 63.1 Å². The third-order valence-corrected chi connectivity index (χ3v) is 5.94. The highest BCUT2D eigenvalue weighted by Gasteiger charge is 2.20. The maximum Gasteiger partial charge on any atom is 0.339 e. The van der Waals surface area contributed by atoms with E-state index >= 15 is 0 Å². The summed E-state index contributed by atoms with van der Waals surface area (Å²) in [6.07, 6.45) is 1.53. The van der Waals surface area contributed by atoms with E-state index in [9.17, 15) is 4.79 Å². The van der Waals surface area contributed by atoms with Gasteiger partial charge in [-0.1, -0.05) is 53.0 Å². The molecular weight excluding hydrogens is 413 g/mol. The van der Waals surface area contributed by atoms with Crippen LogP contribution in [0.5, 0.6) is 0 Å². The van der Waals surface area contributed by atoms with Gasteiger partial charge in [-0.25, -0.2) is 10.2 Å². The number of carbonyl (C=O) groups excluding carboxylic acids is 1. The van der Waals surface area contributed by atoms with Gasteiger partial charge in [-0.05, 0) is 30.7 Å². The van der Waals surface area contributed by atoms with Gasteiger partial charge in [0, 0.05) is 32.5 Å². The molecule has 3 rings (SSSR count). The number of rotatable bonds is 3. The molecule has 26 heavy (non-hydrogen) atoms. The van der Waals surface area contributed by atoms with Crippen LogP contribution >= 0.6 is 46.6 Å². The fourth-order valence-corrected chi connectivity index (χ4v) is 4.47. The number of anilines is 1. The molecule has 2 amide bonds. The van der Waals surface area contributed by atoms with E-state index in [1.807, 2.05) is 31.2 Å². The Morgan fingerprint density at radius 1 is 1.23 bits per heavy atom. The first-order valence-corrected chi connectivity index (χ1v) is 9.74. The van der Waals surface area contributed by atoms with Gasteiger partial charge in [0.15, 0.2) is 0 Å². The zero-order chi connectivity index (χ0) is 18.7. The Balaban J connectivity index is 1.70. The van der Waals surface area contributed by atoms with Gasteiger partial charge in [-0.3, -0.25) is 0 Å². The number of carbonyl (C=O) groups is 1. The number of nitrogens with zero attached hydrogens (tertiary/aromatic N) is 1. The van der Waals surface area contributed by atoms with E-state index in [1.54, 1.807) is 23.9 Å². The lowest BCUT2D eigenvalue weighted by Gasteiger charge is -2.18. The van der Waals surface area contributed by atoms with Gasteiger partial charge in [0.05, 0.1) is 16.3 Å². The number of aryl methyl sites for hydroxylation is 1. The molecule has 4 nitrogen and oxygen atoms in total. The molecule has 0 atom stereocenters. The van der Waals surface area contributed by atoms with Gasteiger partial charge < -0.3 is 5.32 Å². The highest BCUT2D eigenvalue weighted by molar-refractivity contribution is 7.99. The lowest BCUT2D eigenvalue weighted by molar-refractivity contribution is 0.252. The highest BCUT2D eigenvalue weighted by atomic mass is 35.5. The van der Waals surface area contributed by atoms with Gasteiger partial charge in [0.1, 0.15) is 0 Å². The van der Waals surface area contributed by atoms with Crippen molar-refractivity contribution in [3.8, 4) is 0 Å². The molecule has 0 fully saturated rings. The highest BCUT2D eigenvalue weighted by Crippen LogP contribution is 2.43. The maximum absolute atomic E-state index is 12.0. The van der Waals surface area contributed by atoms with Crippen LogP contribution in [0.2, 0.25) is 10.0 Å². The third-order valence-electron chi connectivity index (χ3n) is 3.68. The molecule has 0 saturated heterocycles. The Hall–Kier alpha value is -1.66. The van der Waals surface area contributed by atoms with Crippen LogP contribution in [0.4, 0.5) is 10.5 Å². The van der Waals surface area contributed by atoms with E-state index in [2.05, 4.69) is 15.8 Å². The predicted octanol–water partition coefficient (Wildman–Crippen LogP) is 6.16. The first kappa shape index (κ1) is 19.1. The molecule has 0 aliphatic carbocycles. The number of urea groups is 1. The average Bonchev–Trinajstić information content (AvgIpc) is 2.59. The standard InChI is InChI=1S/C18H14Cl3N3OS/c1-10-4-2-3-5-15(10)23-18(25)24-22-8-11-9-26-17-13(16(11)21)6-12(19)7-14(17)20/h2-8H,9H2,1H3,(H2,23,24,25)/b22-8+. The number of hydrogen-bond donors (Lipinski definition) is 2. The van der Waals surface area contributed by atoms with Crippen molar-refractivity contribution in [1.82, 2.24) is 5.43 Å². The van der Waals surface area contributed by atoms with Gasteiger partial charge in [0.2, 0.25) is 0 Å². The SMILES string of the molecule is Cc1ccccc1NC(=O)N/N=C/C1=C(Cl)c2cc(Cl)cc(Cl)c2SC1. The molecule has 1 aliphatic heterocycles. The smallest absolute Gasteiger partial charge is 0.306 e. The zero-order valence-corrected chi connectivity index (χ0v) is 16.7. The minimum absolute atomic E-state index is 0.428. The molecule has 0 bridgehead atoms. The minimum atomic E-state index is -0.428. The van der Waals surface area contributed by atoms with Crippen molar-refractivity contribution in [3.63, 3.8) is 0 Å². The number of halogens is 3. The van der Waals surface area contributed by atoms with Crippen LogP contribution < -0.4 is 10.7 Å². The van der Waals surface area contributed by atoms with Crippen LogP contribution in [0.3, 0.4) is 0 Å². The fourth-order valence-electron chi connectivity index (χ4n) is 2.38. The molecule has 0 saturated carbocycles. The summed E-state index contributed by atoms with van der Waals surface area (Å²) in [4.78, 5) is 12.8. The van der Waals surface area contributed by atoms with Gasteiger partial charge in [-0.15, -0.1) is 11.8 Å². The second-order valence-electron chi connectivity index (χ2n) is 5.53.